The van der Waals surface area contributed by atoms with Crippen molar-refractivity contribution in [1.82, 2.24) is 9.97 Å². The van der Waals surface area contributed by atoms with Crippen molar-refractivity contribution < 1.29 is 4.74 Å². The van der Waals surface area contributed by atoms with Crippen LogP contribution in [0.15, 0.2) is 17.5 Å². The number of azide groups is 1. The zero-order valence-corrected chi connectivity index (χ0v) is 7.50. The molecule has 1 aromatic heterocycles. The number of rotatable bonds is 3. The summed E-state index contributed by atoms with van der Waals surface area (Å²) in [6, 6.07) is 0.353. The fraction of sp³-hybridized carbons (Fsp3) is 0.500. The minimum absolute atomic E-state index is 0.264. The average Bonchev–Trinajstić information content (AvgIpc) is 2.14. The van der Waals surface area contributed by atoms with Crippen molar-refractivity contribution in [2.24, 2.45) is 5.11 Å². The maximum atomic E-state index is 8.15. The molecule has 72 valence electrons. The molecule has 0 N–H and O–H groups in total. The van der Waals surface area contributed by atoms with Gasteiger partial charge < -0.3 is 4.74 Å². The minimum Gasteiger partial charge on any atom is -0.460 e. The first-order valence-electron chi connectivity index (χ1n) is 4.42. The summed E-state index contributed by atoms with van der Waals surface area (Å²) in [5, 5.41) is 3.36. The Morgan fingerprint density at radius 3 is 2.64 bits per heavy atom. The van der Waals surface area contributed by atoms with E-state index in [1.807, 2.05) is 0 Å². The highest BCUT2D eigenvalue weighted by Crippen LogP contribution is 2.23. The molecule has 0 bridgehead atoms. The molecule has 6 heteroatoms. The van der Waals surface area contributed by atoms with Gasteiger partial charge in [0.15, 0.2) is 0 Å². The molecule has 0 aromatic carbocycles. The van der Waals surface area contributed by atoms with Gasteiger partial charge in [-0.05, 0) is 24.8 Å². The van der Waals surface area contributed by atoms with Gasteiger partial charge in [0.2, 0.25) is 0 Å². The highest BCUT2D eigenvalue weighted by atomic mass is 16.5. The predicted molar refractivity (Wildman–Crippen MR) is 49.1 cm³/mol. The Labute approximate surface area is 80.6 Å². The van der Waals surface area contributed by atoms with Crippen molar-refractivity contribution in [3.05, 3.63) is 22.8 Å². The molecule has 6 nitrogen and oxygen atoms in total. The number of hydrogen-bond donors (Lipinski definition) is 0. The van der Waals surface area contributed by atoms with Gasteiger partial charge in [-0.1, -0.05) is 5.11 Å². The van der Waals surface area contributed by atoms with Gasteiger partial charge in [0.1, 0.15) is 6.10 Å². The van der Waals surface area contributed by atoms with Gasteiger partial charge in [0.25, 0.3) is 0 Å². The molecule has 0 atom stereocenters. The standard InChI is InChI=1S/C8H9N5O/c9-13-12-6-4-10-8(11-5-6)14-7-2-1-3-7/h4-5,7H,1-3H2. The molecule has 1 aliphatic rings. The molecule has 1 aliphatic carbocycles. The van der Waals surface area contributed by atoms with Crippen LogP contribution < -0.4 is 4.74 Å². The molecule has 1 heterocycles. The van der Waals surface area contributed by atoms with Crippen LogP contribution in [-0.4, -0.2) is 16.1 Å². The third-order valence-corrected chi connectivity index (χ3v) is 2.10. The molecular formula is C8H9N5O. The second-order valence-electron chi connectivity index (χ2n) is 3.08. The summed E-state index contributed by atoms with van der Waals surface area (Å²) in [4.78, 5) is 10.5. The van der Waals surface area contributed by atoms with Crippen LogP contribution in [0.4, 0.5) is 5.69 Å². The molecule has 1 fully saturated rings. The lowest BCUT2D eigenvalue weighted by Crippen LogP contribution is -2.25. The van der Waals surface area contributed by atoms with Crippen LogP contribution in [0.5, 0.6) is 6.01 Å². The highest BCUT2D eigenvalue weighted by molar-refractivity contribution is 5.30. The third-order valence-electron chi connectivity index (χ3n) is 2.10. The fourth-order valence-electron chi connectivity index (χ4n) is 1.11. The Bertz CT molecular complexity index is 352. The van der Waals surface area contributed by atoms with Gasteiger partial charge in [-0.25, -0.2) is 9.97 Å². The van der Waals surface area contributed by atoms with Crippen LogP contribution in [0.25, 0.3) is 10.4 Å². The maximum Gasteiger partial charge on any atom is 0.316 e. The van der Waals surface area contributed by atoms with E-state index in [1.165, 1.54) is 18.8 Å². The van der Waals surface area contributed by atoms with Crippen LogP contribution in [0, 0.1) is 0 Å². The molecule has 2 rings (SSSR count). The molecule has 0 unspecified atom stereocenters. The number of hydrogen-bond acceptors (Lipinski definition) is 4. The van der Waals surface area contributed by atoms with E-state index in [2.05, 4.69) is 20.0 Å². The first-order chi connectivity index (χ1) is 6.88. The van der Waals surface area contributed by atoms with Gasteiger partial charge in [-0.15, -0.1) is 0 Å². The Balaban J connectivity index is 2.01. The summed E-state index contributed by atoms with van der Waals surface area (Å²) in [7, 11) is 0. The first kappa shape index (κ1) is 8.77. The van der Waals surface area contributed by atoms with Gasteiger partial charge in [0.05, 0.1) is 5.69 Å². The number of nitrogens with zero attached hydrogens (tertiary/aromatic N) is 5. The summed E-state index contributed by atoms with van der Waals surface area (Å²) in [6.07, 6.45) is 6.51. The van der Waals surface area contributed by atoms with Crippen LogP contribution >= 0.6 is 0 Å². The summed E-state index contributed by atoms with van der Waals surface area (Å²) >= 11 is 0. The predicted octanol–water partition coefficient (Wildman–Crippen LogP) is 2.35. The van der Waals surface area contributed by atoms with E-state index in [4.69, 9.17) is 10.3 Å². The van der Waals surface area contributed by atoms with Crippen molar-refractivity contribution in [3.8, 4) is 6.01 Å². The second-order valence-corrected chi connectivity index (χ2v) is 3.08. The topological polar surface area (TPSA) is 83.8 Å². The Morgan fingerprint density at radius 2 is 2.14 bits per heavy atom. The smallest absolute Gasteiger partial charge is 0.316 e. The molecule has 1 aromatic rings. The molecule has 0 amide bonds. The number of ether oxygens (including phenoxy) is 1. The lowest BCUT2D eigenvalue weighted by Gasteiger charge is -2.24. The highest BCUT2D eigenvalue weighted by Gasteiger charge is 2.19. The first-order valence-corrected chi connectivity index (χ1v) is 4.42. The largest absolute Gasteiger partial charge is 0.460 e. The van der Waals surface area contributed by atoms with Gasteiger partial charge >= 0.3 is 6.01 Å². The van der Waals surface area contributed by atoms with Gasteiger partial charge in [0, 0.05) is 17.3 Å². The van der Waals surface area contributed by atoms with Crippen LogP contribution in [0.3, 0.4) is 0 Å². The lowest BCUT2D eigenvalue weighted by atomic mass is 9.96. The average molecular weight is 191 g/mol. The number of aromatic nitrogens is 2. The van der Waals surface area contributed by atoms with E-state index in [1.54, 1.807) is 0 Å². The van der Waals surface area contributed by atoms with E-state index >= 15 is 0 Å². The Morgan fingerprint density at radius 1 is 1.43 bits per heavy atom. The molecule has 14 heavy (non-hydrogen) atoms. The minimum atomic E-state index is 0.264. The van der Waals surface area contributed by atoms with Crippen molar-refractivity contribution in [1.29, 1.82) is 0 Å². The van der Waals surface area contributed by atoms with Crippen LogP contribution in [-0.2, 0) is 0 Å². The Hall–Kier alpha value is -1.81. The van der Waals surface area contributed by atoms with E-state index in [0.29, 0.717) is 11.7 Å². The van der Waals surface area contributed by atoms with Crippen molar-refractivity contribution in [2.45, 2.75) is 25.4 Å². The van der Waals surface area contributed by atoms with Crippen molar-refractivity contribution in [2.75, 3.05) is 0 Å². The second kappa shape index (κ2) is 3.93. The molecular weight excluding hydrogens is 182 g/mol. The van der Waals surface area contributed by atoms with Crippen molar-refractivity contribution in [3.63, 3.8) is 0 Å². The molecule has 1 saturated carbocycles. The van der Waals surface area contributed by atoms with E-state index in [0.717, 1.165) is 12.8 Å². The molecule has 0 aliphatic heterocycles. The fourth-order valence-corrected chi connectivity index (χ4v) is 1.11. The molecule has 0 radical (unpaired) electrons. The zero-order chi connectivity index (χ0) is 9.80. The van der Waals surface area contributed by atoms with Crippen LogP contribution in [0.2, 0.25) is 0 Å². The van der Waals surface area contributed by atoms with Gasteiger partial charge in [-0.2, -0.15) is 0 Å². The van der Waals surface area contributed by atoms with Crippen LogP contribution in [0.1, 0.15) is 19.3 Å². The Kier molecular flexibility index (Phi) is 2.46. The lowest BCUT2D eigenvalue weighted by molar-refractivity contribution is 0.108. The monoisotopic (exact) mass is 191 g/mol. The molecule has 0 spiro atoms. The quantitative estimate of drug-likeness (QED) is 0.417. The van der Waals surface area contributed by atoms with Gasteiger partial charge in [-0.3, -0.25) is 0 Å². The van der Waals surface area contributed by atoms with Crippen molar-refractivity contribution >= 4 is 5.69 Å². The zero-order valence-electron chi connectivity index (χ0n) is 7.50. The normalized spacial score (nSPS) is 15.4. The third kappa shape index (κ3) is 1.92. The maximum absolute atomic E-state index is 8.15. The summed E-state index contributed by atoms with van der Waals surface area (Å²) in [5.41, 5.74) is 8.55. The SMILES string of the molecule is [N-]=[N+]=Nc1cnc(OC2CCC2)nc1. The summed E-state index contributed by atoms with van der Waals surface area (Å²) in [5.74, 6) is 0. The van der Waals surface area contributed by atoms with E-state index in [-0.39, 0.29) is 6.10 Å². The molecule has 0 saturated heterocycles. The summed E-state index contributed by atoms with van der Waals surface area (Å²) < 4.78 is 5.43. The van der Waals surface area contributed by atoms with E-state index < -0.39 is 0 Å². The summed E-state index contributed by atoms with van der Waals surface area (Å²) in [6.45, 7) is 0. The van der Waals surface area contributed by atoms with E-state index in [9.17, 15) is 0 Å².